The maximum atomic E-state index is 12.8. The standard InChI is InChI=1S/C21H25N5O3/c27-18(13-26-20(28)15-5-1-2-6-16(15)21(26)29)24-11-8-14(9-12-24)19-23-22-17-7-3-4-10-25(17)19/h3-4,7,10,14-16H,1-2,5-6,8-9,11-13H2. The molecule has 0 aromatic carbocycles. The lowest BCUT2D eigenvalue weighted by molar-refractivity contribution is -0.147. The molecule has 0 radical (unpaired) electrons. The highest BCUT2D eigenvalue weighted by atomic mass is 16.2. The number of carbonyl (C=O) groups is 3. The first kappa shape index (κ1) is 18.3. The summed E-state index contributed by atoms with van der Waals surface area (Å²) in [5, 5.41) is 8.56. The monoisotopic (exact) mass is 395 g/mol. The molecule has 4 heterocycles. The topological polar surface area (TPSA) is 87.9 Å². The molecule has 3 amide bonds. The number of likely N-dealkylation sites (tertiary alicyclic amines) is 2. The lowest BCUT2D eigenvalue weighted by Crippen LogP contribution is -2.45. The molecule has 2 aliphatic heterocycles. The maximum Gasteiger partial charge on any atom is 0.242 e. The average Bonchev–Trinajstić information content (AvgIpc) is 3.29. The zero-order valence-electron chi connectivity index (χ0n) is 16.4. The Morgan fingerprint density at radius 2 is 1.66 bits per heavy atom. The van der Waals surface area contributed by atoms with Crippen molar-refractivity contribution in [3.8, 4) is 0 Å². The summed E-state index contributed by atoms with van der Waals surface area (Å²) in [4.78, 5) is 41.0. The van der Waals surface area contributed by atoms with Crippen molar-refractivity contribution < 1.29 is 14.4 Å². The van der Waals surface area contributed by atoms with E-state index in [1.165, 1.54) is 4.90 Å². The fourth-order valence-corrected chi connectivity index (χ4v) is 5.15. The Hall–Kier alpha value is -2.77. The summed E-state index contributed by atoms with van der Waals surface area (Å²) in [5.74, 6) is 0.369. The predicted octanol–water partition coefficient (Wildman–Crippen LogP) is 1.61. The molecule has 2 saturated heterocycles. The first-order valence-electron chi connectivity index (χ1n) is 10.6. The van der Waals surface area contributed by atoms with Gasteiger partial charge in [-0.05, 0) is 37.8 Å². The van der Waals surface area contributed by atoms with Crippen LogP contribution >= 0.6 is 0 Å². The van der Waals surface area contributed by atoms with E-state index in [9.17, 15) is 14.4 Å². The molecule has 0 spiro atoms. The molecule has 2 unspecified atom stereocenters. The minimum atomic E-state index is -0.198. The van der Waals surface area contributed by atoms with E-state index >= 15 is 0 Å². The number of pyridine rings is 1. The number of fused-ring (bicyclic) bond motifs is 2. The SMILES string of the molecule is O=C(CN1C(=O)C2CCCCC2C1=O)N1CCC(c2nnc3ccccn23)CC1. The van der Waals surface area contributed by atoms with Crippen molar-refractivity contribution in [2.45, 2.75) is 44.4 Å². The Kier molecular flexibility index (Phi) is 4.56. The number of carbonyl (C=O) groups excluding carboxylic acids is 3. The highest BCUT2D eigenvalue weighted by molar-refractivity contribution is 6.07. The zero-order chi connectivity index (χ0) is 20.0. The smallest absolute Gasteiger partial charge is 0.242 e. The third kappa shape index (κ3) is 3.10. The van der Waals surface area contributed by atoms with E-state index in [0.717, 1.165) is 50.0 Å². The van der Waals surface area contributed by atoms with Gasteiger partial charge in [0.05, 0.1) is 11.8 Å². The lowest BCUT2D eigenvalue weighted by Gasteiger charge is -2.32. The molecule has 0 bridgehead atoms. The molecule has 2 aromatic heterocycles. The van der Waals surface area contributed by atoms with E-state index in [-0.39, 0.29) is 42.0 Å². The molecule has 1 saturated carbocycles. The van der Waals surface area contributed by atoms with Gasteiger partial charge in [0.15, 0.2) is 5.65 Å². The fourth-order valence-electron chi connectivity index (χ4n) is 5.15. The van der Waals surface area contributed by atoms with Crippen molar-refractivity contribution in [2.75, 3.05) is 19.6 Å². The molecular formula is C21H25N5O3. The van der Waals surface area contributed by atoms with Crippen molar-refractivity contribution >= 4 is 23.4 Å². The van der Waals surface area contributed by atoms with Crippen molar-refractivity contribution in [3.05, 3.63) is 30.2 Å². The highest BCUT2D eigenvalue weighted by Gasteiger charge is 2.48. The van der Waals surface area contributed by atoms with Crippen LogP contribution in [0.5, 0.6) is 0 Å². The van der Waals surface area contributed by atoms with Crippen molar-refractivity contribution in [2.24, 2.45) is 11.8 Å². The van der Waals surface area contributed by atoms with E-state index in [1.54, 1.807) is 4.90 Å². The van der Waals surface area contributed by atoms with Gasteiger partial charge in [-0.3, -0.25) is 23.7 Å². The van der Waals surface area contributed by atoms with Crippen LogP contribution in [0.4, 0.5) is 0 Å². The van der Waals surface area contributed by atoms with Crippen LogP contribution in [0.25, 0.3) is 5.65 Å². The normalized spacial score (nSPS) is 25.7. The van der Waals surface area contributed by atoms with Crippen LogP contribution in [-0.2, 0) is 14.4 Å². The van der Waals surface area contributed by atoms with Crippen LogP contribution in [0.3, 0.4) is 0 Å². The number of imide groups is 1. The summed E-state index contributed by atoms with van der Waals surface area (Å²) in [7, 11) is 0. The van der Waals surface area contributed by atoms with E-state index in [0.29, 0.717) is 13.1 Å². The maximum absolute atomic E-state index is 12.8. The number of amides is 3. The van der Waals surface area contributed by atoms with Gasteiger partial charge in [-0.25, -0.2) is 0 Å². The van der Waals surface area contributed by atoms with E-state index in [4.69, 9.17) is 0 Å². The highest BCUT2D eigenvalue weighted by Crippen LogP contribution is 2.38. The van der Waals surface area contributed by atoms with E-state index in [1.807, 2.05) is 28.8 Å². The van der Waals surface area contributed by atoms with Gasteiger partial charge in [-0.2, -0.15) is 0 Å². The van der Waals surface area contributed by atoms with Gasteiger partial charge in [0.1, 0.15) is 12.4 Å². The Morgan fingerprint density at radius 1 is 0.966 bits per heavy atom. The van der Waals surface area contributed by atoms with Gasteiger partial charge in [-0.15, -0.1) is 10.2 Å². The zero-order valence-corrected chi connectivity index (χ0v) is 16.4. The minimum Gasteiger partial charge on any atom is -0.341 e. The van der Waals surface area contributed by atoms with Gasteiger partial charge >= 0.3 is 0 Å². The van der Waals surface area contributed by atoms with E-state index < -0.39 is 0 Å². The first-order chi connectivity index (χ1) is 14.1. The van der Waals surface area contributed by atoms with Crippen molar-refractivity contribution in [1.29, 1.82) is 0 Å². The summed E-state index contributed by atoms with van der Waals surface area (Å²) in [6.07, 6.45) is 7.10. The minimum absolute atomic E-state index is 0.108. The van der Waals surface area contributed by atoms with Crippen LogP contribution in [0.15, 0.2) is 24.4 Å². The van der Waals surface area contributed by atoms with Crippen molar-refractivity contribution in [1.82, 2.24) is 24.4 Å². The molecular weight excluding hydrogens is 370 g/mol. The molecule has 2 aromatic rings. The van der Waals surface area contributed by atoms with E-state index in [2.05, 4.69) is 10.2 Å². The summed E-state index contributed by atoms with van der Waals surface area (Å²) in [6, 6.07) is 5.82. The third-order valence-corrected chi connectivity index (χ3v) is 6.78. The lowest BCUT2D eigenvalue weighted by atomic mass is 9.81. The van der Waals surface area contributed by atoms with Crippen molar-refractivity contribution in [3.63, 3.8) is 0 Å². The molecule has 2 atom stereocenters. The number of nitrogens with zero attached hydrogens (tertiary/aromatic N) is 5. The van der Waals surface area contributed by atoms with Gasteiger partial charge < -0.3 is 4.90 Å². The molecule has 0 N–H and O–H groups in total. The fraction of sp³-hybridized carbons (Fsp3) is 0.571. The number of hydrogen-bond donors (Lipinski definition) is 0. The molecule has 3 fully saturated rings. The van der Waals surface area contributed by atoms with Crippen LogP contribution in [-0.4, -0.2) is 61.8 Å². The third-order valence-electron chi connectivity index (χ3n) is 6.78. The van der Waals surface area contributed by atoms with Crippen LogP contribution in [0.2, 0.25) is 0 Å². The first-order valence-corrected chi connectivity index (χ1v) is 10.6. The second-order valence-corrected chi connectivity index (χ2v) is 8.40. The summed E-state index contributed by atoms with van der Waals surface area (Å²) in [5.41, 5.74) is 0.827. The second kappa shape index (κ2) is 7.24. The van der Waals surface area contributed by atoms with Crippen LogP contribution in [0.1, 0.15) is 50.3 Å². The Morgan fingerprint density at radius 3 is 2.34 bits per heavy atom. The van der Waals surface area contributed by atoms with Gasteiger partial charge in [-0.1, -0.05) is 18.9 Å². The molecule has 152 valence electrons. The summed E-state index contributed by atoms with van der Waals surface area (Å²) >= 11 is 0. The van der Waals surface area contributed by atoms with Gasteiger partial charge in [0.25, 0.3) is 0 Å². The molecule has 1 aliphatic carbocycles. The number of rotatable bonds is 3. The van der Waals surface area contributed by atoms with Crippen LogP contribution < -0.4 is 0 Å². The average molecular weight is 395 g/mol. The van der Waals surface area contributed by atoms with Gasteiger partial charge in [0, 0.05) is 25.2 Å². The quantitative estimate of drug-likeness (QED) is 0.737. The second-order valence-electron chi connectivity index (χ2n) is 8.40. The van der Waals surface area contributed by atoms with Crippen LogP contribution in [0, 0.1) is 11.8 Å². The number of piperidine rings is 1. The molecule has 8 nitrogen and oxygen atoms in total. The Labute approximate surface area is 168 Å². The largest absolute Gasteiger partial charge is 0.341 e. The predicted molar refractivity (Wildman–Crippen MR) is 104 cm³/mol. The molecule has 8 heteroatoms. The van der Waals surface area contributed by atoms with Gasteiger partial charge in [0.2, 0.25) is 17.7 Å². The Balaban J connectivity index is 1.21. The molecule has 3 aliphatic rings. The molecule has 5 rings (SSSR count). The Bertz CT molecular complexity index is 938. The summed E-state index contributed by atoms with van der Waals surface area (Å²) in [6.45, 7) is 1.10. The summed E-state index contributed by atoms with van der Waals surface area (Å²) < 4.78 is 2.01. The number of hydrogen-bond acceptors (Lipinski definition) is 5. The number of aromatic nitrogens is 3. The molecule has 29 heavy (non-hydrogen) atoms.